The van der Waals surface area contributed by atoms with Gasteiger partial charge in [-0.3, -0.25) is 5.32 Å². The third-order valence-corrected chi connectivity index (χ3v) is 4.13. The zero-order valence-electron chi connectivity index (χ0n) is 12.1. The van der Waals surface area contributed by atoms with Crippen LogP contribution in [0, 0.1) is 0 Å². The van der Waals surface area contributed by atoms with Gasteiger partial charge in [0.05, 0.1) is 6.10 Å². The molecular formula is C15H18N4O2S. The van der Waals surface area contributed by atoms with Crippen molar-refractivity contribution in [3.05, 3.63) is 41.4 Å². The van der Waals surface area contributed by atoms with Crippen molar-refractivity contribution in [3.63, 3.8) is 0 Å². The Morgan fingerprint density at radius 2 is 2.27 bits per heavy atom. The lowest BCUT2D eigenvalue weighted by Crippen LogP contribution is -2.39. The van der Waals surface area contributed by atoms with E-state index in [0.717, 1.165) is 25.0 Å². The van der Waals surface area contributed by atoms with E-state index in [1.807, 2.05) is 30.3 Å². The van der Waals surface area contributed by atoms with Crippen LogP contribution in [0.4, 0.5) is 9.93 Å². The Kier molecular flexibility index (Phi) is 4.97. The highest BCUT2D eigenvalue weighted by molar-refractivity contribution is 7.13. The molecular weight excluding hydrogens is 300 g/mol. The van der Waals surface area contributed by atoms with Crippen molar-refractivity contribution in [1.82, 2.24) is 15.1 Å². The highest BCUT2D eigenvalue weighted by Crippen LogP contribution is 2.17. The van der Waals surface area contributed by atoms with E-state index in [0.29, 0.717) is 18.2 Å². The molecule has 6 nitrogen and oxygen atoms in total. The normalized spacial score (nSPS) is 17.4. The van der Waals surface area contributed by atoms with Crippen LogP contribution in [-0.2, 0) is 11.3 Å². The van der Waals surface area contributed by atoms with Crippen LogP contribution in [-0.4, -0.2) is 40.4 Å². The highest BCUT2D eigenvalue weighted by atomic mass is 32.1. The molecule has 116 valence electrons. The second-order valence-electron chi connectivity index (χ2n) is 5.18. The summed E-state index contributed by atoms with van der Waals surface area (Å²) in [6.45, 7) is 1.91. The molecule has 22 heavy (non-hydrogen) atoms. The van der Waals surface area contributed by atoms with Gasteiger partial charge >= 0.3 is 6.03 Å². The van der Waals surface area contributed by atoms with E-state index in [4.69, 9.17) is 4.74 Å². The molecule has 2 aromatic rings. The van der Waals surface area contributed by atoms with Crippen molar-refractivity contribution in [2.75, 3.05) is 18.5 Å². The van der Waals surface area contributed by atoms with Gasteiger partial charge in [0.1, 0.15) is 5.51 Å². The lowest BCUT2D eigenvalue weighted by molar-refractivity contribution is 0.0819. The van der Waals surface area contributed by atoms with Crippen LogP contribution in [0.3, 0.4) is 0 Å². The minimum atomic E-state index is -0.170. The van der Waals surface area contributed by atoms with E-state index in [2.05, 4.69) is 15.5 Å². The number of carbonyl (C=O) groups excluding carboxylic acids is 1. The molecule has 7 heteroatoms. The van der Waals surface area contributed by atoms with Crippen LogP contribution in [0.5, 0.6) is 0 Å². The number of hydrogen-bond acceptors (Lipinski definition) is 5. The average molecular weight is 318 g/mol. The molecule has 1 aliphatic heterocycles. The smallest absolute Gasteiger partial charge is 0.324 e. The molecule has 1 fully saturated rings. The molecule has 0 spiro atoms. The first-order valence-corrected chi connectivity index (χ1v) is 8.17. The number of amides is 2. The summed E-state index contributed by atoms with van der Waals surface area (Å²) >= 11 is 1.31. The van der Waals surface area contributed by atoms with Gasteiger partial charge in [0.15, 0.2) is 0 Å². The first kappa shape index (κ1) is 14.9. The third kappa shape index (κ3) is 4.02. The summed E-state index contributed by atoms with van der Waals surface area (Å²) < 4.78 is 5.66. The van der Waals surface area contributed by atoms with Crippen LogP contribution in [0.25, 0.3) is 0 Å². The number of anilines is 1. The minimum absolute atomic E-state index is 0.115. The molecule has 2 amide bonds. The molecule has 3 rings (SSSR count). The van der Waals surface area contributed by atoms with Crippen molar-refractivity contribution in [3.8, 4) is 0 Å². The Bertz CT molecular complexity index is 585. The summed E-state index contributed by atoms with van der Waals surface area (Å²) in [4.78, 5) is 14.3. The van der Waals surface area contributed by atoms with Crippen LogP contribution in [0.1, 0.15) is 18.4 Å². The van der Waals surface area contributed by atoms with Gasteiger partial charge in [0.2, 0.25) is 5.13 Å². The zero-order valence-corrected chi connectivity index (χ0v) is 13.0. The number of nitrogens with zero attached hydrogens (tertiary/aromatic N) is 3. The number of hydrogen-bond donors (Lipinski definition) is 1. The summed E-state index contributed by atoms with van der Waals surface area (Å²) in [6, 6.07) is 9.78. The molecule has 1 N–H and O–H groups in total. The van der Waals surface area contributed by atoms with Crippen LogP contribution >= 0.6 is 11.3 Å². The van der Waals surface area contributed by atoms with Crippen molar-refractivity contribution in [1.29, 1.82) is 0 Å². The van der Waals surface area contributed by atoms with Gasteiger partial charge in [-0.15, -0.1) is 10.2 Å². The van der Waals surface area contributed by atoms with Crippen LogP contribution < -0.4 is 5.32 Å². The summed E-state index contributed by atoms with van der Waals surface area (Å²) in [7, 11) is 0. The number of benzene rings is 1. The number of nitrogens with one attached hydrogen (secondary N) is 1. The maximum atomic E-state index is 12.5. The number of ether oxygens (including phenoxy) is 1. The Hall–Kier alpha value is -1.99. The average Bonchev–Trinajstić information content (AvgIpc) is 3.21. The molecule has 1 aromatic heterocycles. The van der Waals surface area contributed by atoms with E-state index < -0.39 is 0 Å². The van der Waals surface area contributed by atoms with E-state index in [-0.39, 0.29) is 12.1 Å². The van der Waals surface area contributed by atoms with Gasteiger partial charge < -0.3 is 9.64 Å². The highest BCUT2D eigenvalue weighted by Gasteiger charge is 2.23. The lowest BCUT2D eigenvalue weighted by atomic mass is 10.2. The summed E-state index contributed by atoms with van der Waals surface area (Å²) in [6.07, 6.45) is 2.17. The van der Waals surface area contributed by atoms with Gasteiger partial charge in [-0.1, -0.05) is 41.7 Å². The lowest BCUT2D eigenvalue weighted by Gasteiger charge is -2.25. The second kappa shape index (κ2) is 7.33. The van der Waals surface area contributed by atoms with Gasteiger partial charge in [0, 0.05) is 19.7 Å². The van der Waals surface area contributed by atoms with E-state index in [9.17, 15) is 4.79 Å². The van der Waals surface area contributed by atoms with Gasteiger partial charge in [-0.05, 0) is 18.4 Å². The number of rotatable bonds is 5. The monoisotopic (exact) mass is 318 g/mol. The molecule has 0 radical (unpaired) electrons. The van der Waals surface area contributed by atoms with Crippen LogP contribution in [0.2, 0.25) is 0 Å². The molecule has 0 saturated carbocycles. The zero-order chi connectivity index (χ0) is 15.2. The molecule has 1 atom stereocenters. The Morgan fingerprint density at radius 1 is 1.41 bits per heavy atom. The van der Waals surface area contributed by atoms with Crippen molar-refractivity contribution in [2.45, 2.75) is 25.5 Å². The molecule has 1 saturated heterocycles. The Balaban J connectivity index is 1.68. The fourth-order valence-electron chi connectivity index (χ4n) is 2.46. The first-order chi connectivity index (χ1) is 10.8. The van der Waals surface area contributed by atoms with E-state index in [1.165, 1.54) is 11.3 Å². The van der Waals surface area contributed by atoms with Gasteiger partial charge in [0.25, 0.3) is 0 Å². The first-order valence-electron chi connectivity index (χ1n) is 7.29. The standard InChI is InChI=1S/C15H18N4O2S/c20-15(17-14-18-16-11-22-14)19(10-13-7-4-8-21-13)9-12-5-2-1-3-6-12/h1-3,5-6,11,13H,4,7-10H2,(H,17,18,20)/t13-/m0/s1. The molecule has 0 bridgehead atoms. The summed E-state index contributed by atoms with van der Waals surface area (Å²) in [5, 5.41) is 10.9. The summed E-state index contributed by atoms with van der Waals surface area (Å²) in [5.41, 5.74) is 2.69. The van der Waals surface area contributed by atoms with Gasteiger partial charge in [-0.2, -0.15) is 0 Å². The van der Waals surface area contributed by atoms with Gasteiger partial charge in [-0.25, -0.2) is 4.79 Å². The van der Waals surface area contributed by atoms with Crippen molar-refractivity contribution >= 4 is 22.5 Å². The topological polar surface area (TPSA) is 67.4 Å². The third-order valence-electron chi connectivity index (χ3n) is 3.53. The maximum Gasteiger partial charge on any atom is 0.324 e. The van der Waals surface area contributed by atoms with Crippen molar-refractivity contribution in [2.24, 2.45) is 0 Å². The quantitative estimate of drug-likeness (QED) is 0.920. The Morgan fingerprint density at radius 3 is 2.95 bits per heavy atom. The van der Waals surface area contributed by atoms with E-state index >= 15 is 0 Å². The molecule has 1 aliphatic rings. The van der Waals surface area contributed by atoms with Crippen molar-refractivity contribution < 1.29 is 9.53 Å². The van der Waals surface area contributed by atoms with Crippen LogP contribution in [0.15, 0.2) is 35.8 Å². The number of carbonyl (C=O) groups is 1. The molecule has 2 heterocycles. The largest absolute Gasteiger partial charge is 0.376 e. The second-order valence-corrected chi connectivity index (χ2v) is 6.01. The van der Waals surface area contributed by atoms with E-state index in [1.54, 1.807) is 10.4 Å². The predicted octanol–water partition coefficient (Wildman–Crippen LogP) is 2.75. The summed E-state index contributed by atoms with van der Waals surface area (Å²) in [5.74, 6) is 0. The fraction of sp³-hybridized carbons (Fsp3) is 0.400. The maximum absolute atomic E-state index is 12.5. The predicted molar refractivity (Wildman–Crippen MR) is 84.8 cm³/mol. The molecule has 1 aromatic carbocycles. The fourth-order valence-corrected chi connectivity index (χ4v) is 2.89. The SMILES string of the molecule is O=C(Nc1nncs1)N(Cc1ccccc1)C[C@@H]1CCCO1. The minimum Gasteiger partial charge on any atom is -0.376 e. The molecule has 0 unspecified atom stereocenters. The molecule has 0 aliphatic carbocycles. The number of urea groups is 1. The Labute approximate surface area is 133 Å². The number of aromatic nitrogens is 2.